The van der Waals surface area contributed by atoms with Gasteiger partial charge in [0.1, 0.15) is 22.3 Å². The predicted molar refractivity (Wildman–Crippen MR) is 99.4 cm³/mol. The molecule has 2 aromatic carbocycles. The number of methoxy groups -OCH3 is 3. The first-order valence-corrected chi connectivity index (χ1v) is 8.47. The molecule has 0 unspecified atom stereocenters. The second-order valence-corrected chi connectivity index (χ2v) is 6.17. The summed E-state index contributed by atoms with van der Waals surface area (Å²) in [5.74, 6) is 1.51. The molecule has 0 bridgehead atoms. The molecular formula is C18H17N3O4S. The molecule has 0 fully saturated rings. The highest BCUT2D eigenvalue weighted by Crippen LogP contribution is 2.28. The van der Waals surface area contributed by atoms with Gasteiger partial charge in [-0.25, -0.2) is 0 Å². The Morgan fingerprint density at radius 1 is 0.885 bits per heavy atom. The molecule has 0 saturated heterocycles. The van der Waals surface area contributed by atoms with Gasteiger partial charge in [-0.3, -0.25) is 10.1 Å². The van der Waals surface area contributed by atoms with Gasteiger partial charge in [-0.05, 0) is 36.4 Å². The molecular weight excluding hydrogens is 354 g/mol. The molecule has 0 spiro atoms. The van der Waals surface area contributed by atoms with E-state index in [2.05, 4.69) is 15.5 Å². The monoisotopic (exact) mass is 371 g/mol. The first kappa shape index (κ1) is 17.7. The van der Waals surface area contributed by atoms with E-state index in [1.807, 2.05) is 24.3 Å². The zero-order chi connectivity index (χ0) is 18.5. The number of aromatic nitrogens is 2. The summed E-state index contributed by atoms with van der Waals surface area (Å²) in [6.45, 7) is 0. The van der Waals surface area contributed by atoms with Gasteiger partial charge in [0, 0.05) is 17.2 Å². The zero-order valence-electron chi connectivity index (χ0n) is 14.5. The van der Waals surface area contributed by atoms with Crippen LogP contribution in [0.5, 0.6) is 17.2 Å². The van der Waals surface area contributed by atoms with E-state index in [1.165, 1.54) is 25.6 Å². The Hall–Kier alpha value is -3.13. The summed E-state index contributed by atoms with van der Waals surface area (Å²) < 4.78 is 15.5. The number of carbonyl (C=O) groups excluding carboxylic acids is 1. The van der Waals surface area contributed by atoms with Crippen molar-refractivity contribution in [3.63, 3.8) is 0 Å². The number of benzene rings is 2. The second kappa shape index (κ2) is 7.83. The Bertz CT molecular complexity index is 887. The lowest BCUT2D eigenvalue weighted by atomic mass is 10.2. The number of hydrogen-bond acceptors (Lipinski definition) is 7. The van der Waals surface area contributed by atoms with E-state index in [9.17, 15) is 4.79 Å². The molecule has 1 aromatic heterocycles. The van der Waals surface area contributed by atoms with E-state index >= 15 is 0 Å². The quantitative estimate of drug-likeness (QED) is 0.714. The van der Waals surface area contributed by atoms with Crippen molar-refractivity contribution in [2.45, 2.75) is 0 Å². The van der Waals surface area contributed by atoms with Crippen LogP contribution >= 0.6 is 11.3 Å². The summed E-state index contributed by atoms with van der Waals surface area (Å²) in [6, 6.07) is 12.4. The maximum atomic E-state index is 12.5. The third-order valence-corrected chi connectivity index (χ3v) is 4.48. The van der Waals surface area contributed by atoms with E-state index in [1.54, 1.807) is 25.3 Å². The van der Waals surface area contributed by atoms with Crippen LogP contribution in [0.4, 0.5) is 5.13 Å². The van der Waals surface area contributed by atoms with Crippen LogP contribution in [0, 0.1) is 0 Å². The minimum absolute atomic E-state index is 0.320. The fraction of sp³-hybridized carbons (Fsp3) is 0.167. The number of ether oxygens (including phenoxy) is 3. The van der Waals surface area contributed by atoms with Crippen molar-refractivity contribution in [3.8, 4) is 27.8 Å². The summed E-state index contributed by atoms with van der Waals surface area (Å²) in [5.41, 5.74) is 1.30. The lowest BCUT2D eigenvalue weighted by Gasteiger charge is -2.07. The molecule has 1 heterocycles. The Balaban J connectivity index is 1.77. The van der Waals surface area contributed by atoms with Crippen LogP contribution in [0.3, 0.4) is 0 Å². The third kappa shape index (κ3) is 3.92. The second-order valence-electron chi connectivity index (χ2n) is 5.20. The minimum Gasteiger partial charge on any atom is -0.497 e. The molecule has 134 valence electrons. The molecule has 3 aromatic rings. The lowest BCUT2D eigenvalue weighted by molar-refractivity contribution is 0.102. The Kier molecular flexibility index (Phi) is 5.33. The standard InChI is InChI=1S/C18H17N3O4S/c1-23-13-6-4-11(5-7-13)17-20-21-18(26-17)19-16(22)12-8-14(24-2)10-15(9-12)25-3/h4-10H,1-3H3,(H,19,21,22). The number of rotatable bonds is 6. The topological polar surface area (TPSA) is 82.6 Å². The summed E-state index contributed by atoms with van der Waals surface area (Å²) in [5, 5.41) is 12.0. The fourth-order valence-electron chi connectivity index (χ4n) is 2.23. The van der Waals surface area contributed by atoms with Gasteiger partial charge >= 0.3 is 0 Å². The van der Waals surface area contributed by atoms with Crippen LogP contribution in [-0.2, 0) is 0 Å². The molecule has 0 atom stereocenters. The van der Waals surface area contributed by atoms with Crippen molar-refractivity contribution in [1.82, 2.24) is 10.2 Å². The van der Waals surface area contributed by atoms with Gasteiger partial charge < -0.3 is 14.2 Å². The van der Waals surface area contributed by atoms with Crippen molar-refractivity contribution in [3.05, 3.63) is 48.0 Å². The molecule has 0 aliphatic carbocycles. The molecule has 0 radical (unpaired) electrons. The molecule has 8 heteroatoms. The molecule has 0 saturated carbocycles. The first-order valence-electron chi connectivity index (χ1n) is 7.65. The van der Waals surface area contributed by atoms with E-state index in [0.29, 0.717) is 27.2 Å². The molecule has 0 aliphatic heterocycles. The summed E-state index contributed by atoms with van der Waals surface area (Å²) in [6.07, 6.45) is 0. The van der Waals surface area contributed by atoms with E-state index in [-0.39, 0.29) is 5.91 Å². The number of amides is 1. The van der Waals surface area contributed by atoms with E-state index < -0.39 is 0 Å². The van der Waals surface area contributed by atoms with E-state index in [4.69, 9.17) is 14.2 Å². The maximum Gasteiger partial charge on any atom is 0.257 e. The van der Waals surface area contributed by atoms with Crippen molar-refractivity contribution >= 4 is 22.4 Å². The highest BCUT2D eigenvalue weighted by Gasteiger charge is 2.13. The molecule has 3 rings (SSSR count). The first-order chi connectivity index (χ1) is 12.6. The third-order valence-electron chi connectivity index (χ3n) is 3.60. The van der Waals surface area contributed by atoms with Crippen molar-refractivity contribution in [1.29, 1.82) is 0 Å². The van der Waals surface area contributed by atoms with Gasteiger partial charge in [-0.1, -0.05) is 11.3 Å². The van der Waals surface area contributed by atoms with Crippen LogP contribution in [0.1, 0.15) is 10.4 Å². The van der Waals surface area contributed by atoms with Gasteiger partial charge in [-0.15, -0.1) is 10.2 Å². The zero-order valence-corrected chi connectivity index (χ0v) is 15.3. The summed E-state index contributed by atoms with van der Waals surface area (Å²) >= 11 is 1.28. The molecule has 1 N–H and O–H groups in total. The van der Waals surface area contributed by atoms with Gasteiger partial charge in [0.05, 0.1) is 21.3 Å². The number of anilines is 1. The maximum absolute atomic E-state index is 12.5. The average molecular weight is 371 g/mol. The smallest absolute Gasteiger partial charge is 0.257 e. The highest BCUT2D eigenvalue weighted by molar-refractivity contribution is 7.18. The molecule has 7 nitrogen and oxygen atoms in total. The minimum atomic E-state index is -0.320. The van der Waals surface area contributed by atoms with Crippen molar-refractivity contribution in [2.24, 2.45) is 0 Å². The number of hydrogen-bond donors (Lipinski definition) is 1. The lowest BCUT2D eigenvalue weighted by Crippen LogP contribution is -2.12. The van der Waals surface area contributed by atoms with Crippen molar-refractivity contribution in [2.75, 3.05) is 26.6 Å². The van der Waals surface area contributed by atoms with Crippen LogP contribution in [0.2, 0.25) is 0 Å². The normalized spacial score (nSPS) is 10.3. The van der Waals surface area contributed by atoms with Gasteiger partial charge in [-0.2, -0.15) is 0 Å². The van der Waals surface area contributed by atoms with Crippen LogP contribution in [0.25, 0.3) is 10.6 Å². The molecule has 0 aliphatic rings. The van der Waals surface area contributed by atoms with Crippen molar-refractivity contribution < 1.29 is 19.0 Å². The highest BCUT2D eigenvalue weighted by atomic mass is 32.1. The van der Waals surface area contributed by atoms with Crippen LogP contribution < -0.4 is 19.5 Å². The Morgan fingerprint density at radius 2 is 1.50 bits per heavy atom. The van der Waals surface area contributed by atoms with Crippen LogP contribution in [-0.4, -0.2) is 37.4 Å². The molecule has 1 amide bonds. The summed E-state index contributed by atoms with van der Waals surface area (Å²) in [4.78, 5) is 12.5. The van der Waals surface area contributed by atoms with Crippen LogP contribution in [0.15, 0.2) is 42.5 Å². The predicted octanol–water partition coefficient (Wildman–Crippen LogP) is 3.48. The number of nitrogens with zero attached hydrogens (tertiary/aromatic N) is 2. The Labute approximate surface area is 154 Å². The fourth-order valence-corrected chi connectivity index (χ4v) is 2.98. The largest absolute Gasteiger partial charge is 0.497 e. The van der Waals surface area contributed by atoms with Gasteiger partial charge in [0.15, 0.2) is 0 Å². The van der Waals surface area contributed by atoms with Gasteiger partial charge in [0.25, 0.3) is 5.91 Å². The van der Waals surface area contributed by atoms with E-state index in [0.717, 1.165) is 11.3 Å². The Morgan fingerprint density at radius 3 is 2.08 bits per heavy atom. The summed E-state index contributed by atoms with van der Waals surface area (Å²) in [7, 11) is 4.67. The SMILES string of the molecule is COc1ccc(-c2nnc(NC(=O)c3cc(OC)cc(OC)c3)s2)cc1. The number of carbonyl (C=O) groups is 1. The molecule has 26 heavy (non-hydrogen) atoms. The van der Waals surface area contributed by atoms with Gasteiger partial charge in [0.2, 0.25) is 5.13 Å². The average Bonchev–Trinajstić information content (AvgIpc) is 3.15. The number of nitrogens with one attached hydrogen (secondary N) is 1.